The summed E-state index contributed by atoms with van der Waals surface area (Å²) in [5, 5.41) is 2.70. The first kappa shape index (κ1) is 15.9. The van der Waals surface area contributed by atoms with Crippen molar-refractivity contribution in [3.05, 3.63) is 41.7 Å². The van der Waals surface area contributed by atoms with Crippen LogP contribution in [0.2, 0.25) is 0 Å². The second-order valence-corrected chi connectivity index (χ2v) is 4.43. The van der Waals surface area contributed by atoms with Crippen molar-refractivity contribution in [3.63, 3.8) is 0 Å². The van der Waals surface area contributed by atoms with E-state index in [0.29, 0.717) is 6.54 Å². The lowest BCUT2D eigenvalue weighted by molar-refractivity contribution is -0.131. The number of carbonyl (C=O) groups is 2. The van der Waals surface area contributed by atoms with Gasteiger partial charge >= 0.3 is 0 Å². The quantitative estimate of drug-likeness (QED) is 0.807. The minimum atomic E-state index is -0.321. The molecular weight excluding hydrogens is 259 g/mol. The van der Waals surface area contributed by atoms with Crippen LogP contribution in [0.4, 0.5) is 4.39 Å². The number of rotatable bonds is 6. The number of amides is 2. The van der Waals surface area contributed by atoms with Gasteiger partial charge in [0.05, 0.1) is 6.54 Å². The summed E-state index contributed by atoms with van der Waals surface area (Å²) in [6.45, 7) is 2.58. The number of nitrogens with zero attached hydrogens (tertiary/aromatic N) is 1. The summed E-state index contributed by atoms with van der Waals surface area (Å²) < 4.78 is 12.7. The van der Waals surface area contributed by atoms with Crippen molar-refractivity contribution < 1.29 is 14.0 Å². The van der Waals surface area contributed by atoms with Crippen molar-refractivity contribution in [3.8, 4) is 0 Å². The van der Waals surface area contributed by atoms with E-state index in [4.69, 9.17) is 0 Å². The fourth-order valence-electron chi connectivity index (χ4n) is 1.48. The maximum Gasteiger partial charge on any atom is 0.246 e. The average Bonchev–Trinajstić information content (AvgIpc) is 2.44. The first-order valence-corrected chi connectivity index (χ1v) is 6.48. The highest BCUT2D eigenvalue weighted by atomic mass is 19.1. The highest BCUT2D eigenvalue weighted by Gasteiger charge is 2.09. The zero-order valence-corrected chi connectivity index (χ0v) is 11.7. The lowest BCUT2D eigenvalue weighted by Crippen LogP contribution is -2.37. The molecule has 0 spiro atoms. The second-order valence-electron chi connectivity index (χ2n) is 4.43. The van der Waals surface area contributed by atoms with Crippen LogP contribution in [0.3, 0.4) is 0 Å². The molecule has 0 saturated carbocycles. The highest BCUT2D eigenvalue weighted by Crippen LogP contribution is 2.04. The van der Waals surface area contributed by atoms with Crippen molar-refractivity contribution in [1.29, 1.82) is 0 Å². The van der Waals surface area contributed by atoms with Crippen molar-refractivity contribution in [1.82, 2.24) is 10.2 Å². The molecule has 0 radical (unpaired) electrons. The summed E-state index contributed by atoms with van der Waals surface area (Å²) in [6, 6.07) is 5.80. The van der Waals surface area contributed by atoms with E-state index in [1.54, 1.807) is 25.3 Å². The third-order valence-electron chi connectivity index (χ3n) is 2.62. The monoisotopic (exact) mass is 278 g/mol. The predicted octanol–water partition coefficient (Wildman–Crippen LogP) is 1.82. The van der Waals surface area contributed by atoms with Crippen LogP contribution in [0.15, 0.2) is 30.3 Å². The van der Waals surface area contributed by atoms with E-state index < -0.39 is 0 Å². The molecule has 5 heteroatoms. The molecule has 1 aromatic carbocycles. The SMILES string of the molecule is CCCNC(=O)CN(C)C(=O)/C=C/c1ccc(F)cc1. The summed E-state index contributed by atoms with van der Waals surface area (Å²) in [5.74, 6) is -0.781. The van der Waals surface area contributed by atoms with E-state index in [1.807, 2.05) is 6.92 Å². The Morgan fingerprint density at radius 2 is 1.95 bits per heavy atom. The van der Waals surface area contributed by atoms with Crippen LogP contribution < -0.4 is 5.32 Å². The molecule has 0 aliphatic carbocycles. The number of hydrogen-bond acceptors (Lipinski definition) is 2. The fourth-order valence-corrected chi connectivity index (χ4v) is 1.48. The molecule has 20 heavy (non-hydrogen) atoms. The van der Waals surface area contributed by atoms with E-state index in [1.165, 1.54) is 23.1 Å². The van der Waals surface area contributed by atoms with Crippen LogP contribution in [0, 0.1) is 5.82 Å². The van der Waals surface area contributed by atoms with Crippen LogP contribution in [0.25, 0.3) is 6.08 Å². The molecule has 108 valence electrons. The Bertz CT molecular complexity index is 483. The van der Waals surface area contributed by atoms with Gasteiger partial charge in [0, 0.05) is 19.7 Å². The lowest BCUT2D eigenvalue weighted by atomic mass is 10.2. The van der Waals surface area contributed by atoms with E-state index >= 15 is 0 Å². The Morgan fingerprint density at radius 3 is 2.55 bits per heavy atom. The normalized spacial score (nSPS) is 10.6. The van der Waals surface area contributed by atoms with Crippen LogP contribution in [-0.2, 0) is 9.59 Å². The van der Waals surface area contributed by atoms with Gasteiger partial charge in [0.2, 0.25) is 11.8 Å². The Morgan fingerprint density at radius 1 is 1.30 bits per heavy atom. The number of carbonyl (C=O) groups excluding carboxylic acids is 2. The maximum atomic E-state index is 12.7. The van der Waals surface area contributed by atoms with E-state index in [0.717, 1.165) is 12.0 Å². The minimum Gasteiger partial charge on any atom is -0.355 e. The van der Waals surface area contributed by atoms with Gasteiger partial charge in [-0.05, 0) is 30.2 Å². The molecule has 4 nitrogen and oxygen atoms in total. The largest absolute Gasteiger partial charge is 0.355 e. The van der Waals surface area contributed by atoms with Crippen molar-refractivity contribution in [2.24, 2.45) is 0 Å². The smallest absolute Gasteiger partial charge is 0.246 e. The Hall–Kier alpha value is -2.17. The number of benzene rings is 1. The van der Waals surface area contributed by atoms with Gasteiger partial charge in [-0.1, -0.05) is 19.1 Å². The number of hydrogen-bond donors (Lipinski definition) is 1. The topological polar surface area (TPSA) is 49.4 Å². The molecule has 1 N–H and O–H groups in total. The summed E-state index contributed by atoms with van der Waals surface area (Å²) in [6.07, 6.45) is 3.80. The Balaban J connectivity index is 2.48. The predicted molar refractivity (Wildman–Crippen MR) is 76.4 cm³/mol. The molecule has 0 bridgehead atoms. The third kappa shape index (κ3) is 5.65. The summed E-state index contributed by atoms with van der Waals surface area (Å²) in [4.78, 5) is 24.6. The molecule has 0 heterocycles. The number of halogens is 1. The van der Waals surface area contributed by atoms with Crippen LogP contribution in [0.1, 0.15) is 18.9 Å². The summed E-state index contributed by atoms with van der Waals surface area (Å²) in [7, 11) is 1.56. The molecule has 1 rings (SSSR count). The third-order valence-corrected chi connectivity index (χ3v) is 2.62. The first-order chi connectivity index (χ1) is 9.52. The van der Waals surface area contributed by atoms with Crippen LogP contribution in [-0.4, -0.2) is 36.9 Å². The molecule has 0 aliphatic heterocycles. The molecule has 0 saturated heterocycles. The van der Waals surface area contributed by atoms with Gasteiger partial charge in [0.1, 0.15) is 5.82 Å². The molecule has 2 amide bonds. The highest BCUT2D eigenvalue weighted by molar-refractivity contribution is 5.94. The van der Waals surface area contributed by atoms with E-state index in [-0.39, 0.29) is 24.2 Å². The molecule has 1 aromatic rings. The number of likely N-dealkylation sites (N-methyl/N-ethyl adjacent to an activating group) is 1. The average molecular weight is 278 g/mol. The second kappa shape index (κ2) is 8.09. The maximum absolute atomic E-state index is 12.7. The van der Waals surface area contributed by atoms with Gasteiger partial charge in [-0.2, -0.15) is 0 Å². The van der Waals surface area contributed by atoms with Gasteiger partial charge < -0.3 is 10.2 Å². The van der Waals surface area contributed by atoms with Crippen molar-refractivity contribution in [2.75, 3.05) is 20.1 Å². The van der Waals surface area contributed by atoms with Crippen molar-refractivity contribution >= 4 is 17.9 Å². The van der Waals surface area contributed by atoms with Gasteiger partial charge in [0.15, 0.2) is 0 Å². The van der Waals surface area contributed by atoms with E-state index in [9.17, 15) is 14.0 Å². The van der Waals surface area contributed by atoms with Gasteiger partial charge in [0.25, 0.3) is 0 Å². The fraction of sp³-hybridized carbons (Fsp3) is 0.333. The molecule has 0 aromatic heterocycles. The van der Waals surface area contributed by atoms with Crippen molar-refractivity contribution in [2.45, 2.75) is 13.3 Å². The zero-order chi connectivity index (χ0) is 15.0. The number of nitrogens with one attached hydrogen (secondary N) is 1. The molecule has 0 unspecified atom stereocenters. The van der Waals surface area contributed by atoms with Crippen LogP contribution in [0.5, 0.6) is 0 Å². The Labute approximate surface area is 118 Å². The minimum absolute atomic E-state index is 0.0204. The summed E-state index contributed by atoms with van der Waals surface area (Å²) >= 11 is 0. The standard InChI is InChI=1S/C15H19FN2O2/c1-3-10-17-14(19)11-18(2)15(20)9-6-12-4-7-13(16)8-5-12/h4-9H,3,10-11H2,1-2H3,(H,17,19)/b9-6+. The molecular formula is C15H19FN2O2. The van der Waals surface area contributed by atoms with Gasteiger partial charge in [-0.25, -0.2) is 4.39 Å². The van der Waals surface area contributed by atoms with Gasteiger partial charge in [-0.3, -0.25) is 9.59 Å². The summed E-state index contributed by atoms with van der Waals surface area (Å²) in [5.41, 5.74) is 0.726. The molecule has 0 atom stereocenters. The van der Waals surface area contributed by atoms with Crippen LogP contribution >= 0.6 is 0 Å². The molecule has 0 fully saturated rings. The molecule has 0 aliphatic rings. The first-order valence-electron chi connectivity index (χ1n) is 6.48. The zero-order valence-electron chi connectivity index (χ0n) is 11.7. The lowest BCUT2D eigenvalue weighted by Gasteiger charge is -2.14. The van der Waals surface area contributed by atoms with E-state index in [2.05, 4.69) is 5.32 Å². The van der Waals surface area contributed by atoms with Gasteiger partial charge in [-0.15, -0.1) is 0 Å². The Kier molecular flexibility index (Phi) is 6.43.